The lowest BCUT2D eigenvalue weighted by Gasteiger charge is -2.07. The molecule has 2 aromatic rings. The normalized spacial score (nSPS) is 12.1. The van der Waals surface area contributed by atoms with E-state index in [4.69, 9.17) is 9.63 Å². The number of carbonyl (C=O) groups excluding carboxylic acids is 1. The zero-order valence-electron chi connectivity index (χ0n) is 9.96. The van der Waals surface area contributed by atoms with Gasteiger partial charge in [0.15, 0.2) is 0 Å². The van der Waals surface area contributed by atoms with Crippen molar-refractivity contribution in [2.75, 3.05) is 6.61 Å². The molecule has 94 valence electrons. The first-order valence-electron chi connectivity index (χ1n) is 5.64. The molecular weight excluding hydrogens is 232 g/mol. The fourth-order valence-corrected chi connectivity index (χ4v) is 1.47. The van der Waals surface area contributed by atoms with Crippen molar-refractivity contribution in [2.24, 2.45) is 0 Å². The Bertz CT molecular complexity index is 522. The summed E-state index contributed by atoms with van der Waals surface area (Å²) in [6, 6.07) is 10.7. The smallest absolute Gasteiger partial charge is 0.290 e. The molecule has 1 amide bonds. The van der Waals surface area contributed by atoms with Gasteiger partial charge in [-0.05, 0) is 6.92 Å². The lowest BCUT2D eigenvalue weighted by molar-refractivity contribution is 0.0885. The van der Waals surface area contributed by atoms with Crippen molar-refractivity contribution < 1.29 is 14.4 Å². The summed E-state index contributed by atoms with van der Waals surface area (Å²) in [5.74, 6) is -0.250. The molecule has 1 atom stereocenters. The Kier molecular flexibility index (Phi) is 3.74. The Balaban J connectivity index is 2.13. The molecule has 1 heterocycles. The minimum absolute atomic E-state index is 0.120. The fraction of sp³-hybridized carbons (Fsp3) is 0.231. The molecule has 0 aliphatic rings. The Labute approximate surface area is 104 Å². The van der Waals surface area contributed by atoms with Gasteiger partial charge in [-0.15, -0.1) is 0 Å². The Hall–Kier alpha value is -2.14. The van der Waals surface area contributed by atoms with Crippen molar-refractivity contribution in [3.8, 4) is 11.3 Å². The molecule has 0 fully saturated rings. The van der Waals surface area contributed by atoms with E-state index in [1.807, 2.05) is 30.3 Å². The molecule has 0 radical (unpaired) electrons. The van der Waals surface area contributed by atoms with Crippen LogP contribution in [0.15, 0.2) is 40.9 Å². The molecule has 0 aliphatic heterocycles. The van der Waals surface area contributed by atoms with Gasteiger partial charge in [0, 0.05) is 17.7 Å². The summed E-state index contributed by atoms with van der Waals surface area (Å²) in [5.41, 5.74) is 1.49. The van der Waals surface area contributed by atoms with E-state index in [0.29, 0.717) is 5.69 Å². The zero-order valence-corrected chi connectivity index (χ0v) is 9.96. The predicted molar refractivity (Wildman–Crippen MR) is 66.0 cm³/mol. The molecule has 0 saturated heterocycles. The van der Waals surface area contributed by atoms with Crippen LogP contribution >= 0.6 is 0 Å². The third kappa shape index (κ3) is 2.75. The summed E-state index contributed by atoms with van der Waals surface area (Å²) < 4.78 is 4.98. The van der Waals surface area contributed by atoms with Crippen molar-refractivity contribution >= 4 is 5.91 Å². The molecule has 5 nitrogen and oxygen atoms in total. The van der Waals surface area contributed by atoms with Crippen molar-refractivity contribution in [1.82, 2.24) is 10.5 Å². The first-order chi connectivity index (χ1) is 8.70. The van der Waals surface area contributed by atoms with Crippen LogP contribution in [-0.2, 0) is 0 Å². The number of aromatic nitrogens is 1. The van der Waals surface area contributed by atoms with Crippen LogP contribution in [0.3, 0.4) is 0 Å². The van der Waals surface area contributed by atoms with Crippen molar-refractivity contribution in [2.45, 2.75) is 13.0 Å². The first-order valence-corrected chi connectivity index (χ1v) is 5.64. The zero-order chi connectivity index (χ0) is 13.0. The summed E-state index contributed by atoms with van der Waals surface area (Å²) in [6.45, 7) is 1.58. The van der Waals surface area contributed by atoms with Gasteiger partial charge >= 0.3 is 0 Å². The predicted octanol–water partition coefficient (Wildman–Crippen LogP) is 1.45. The molecule has 18 heavy (non-hydrogen) atoms. The maximum Gasteiger partial charge on any atom is 0.290 e. The van der Waals surface area contributed by atoms with E-state index >= 15 is 0 Å². The molecule has 0 saturated carbocycles. The Morgan fingerprint density at radius 2 is 2.17 bits per heavy atom. The standard InChI is InChI=1S/C13H14N2O3/c1-9(8-16)14-13(17)12-7-11(15-18-12)10-5-3-2-4-6-10/h2-7,9,16H,8H2,1H3,(H,14,17). The number of nitrogens with one attached hydrogen (secondary N) is 1. The number of carbonyl (C=O) groups is 1. The van der Waals surface area contributed by atoms with Crippen LogP contribution in [0.2, 0.25) is 0 Å². The second-order valence-corrected chi connectivity index (χ2v) is 4.00. The lowest BCUT2D eigenvalue weighted by atomic mass is 10.1. The van der Waals surface area contributed by atoms with E-state index in [1.165, 1.54) is 0 Å². The second kappa shape index (κ2) is 5.46. The highest BCUT2D eigenvalue weighted by Gasteiger charge is 2.15. The van der Waals surface area contributed by atoms with Crippen LogP contribution in [0.5, 0.6) is 0 Å². The van der Waals surface area contributed by atoms with Gasteiger partial charge in [-0.25, -0.2) is 0 Å². The van der Waals surface area contributed by atoms with Gasteiger partial charge in [0.25, 0.3) is 5.91 Å². The van der Waals surface area contributed by atoms with Gasteiger partial charge < -0.3 is 14.9 Å². The molecule has 0 spiro atoms. The van der Waals surface area contributed by atoms with E-state index in [2.05, 4.69) is 10.5 Å². The van der Waals surface area contributed by atoms with Crippen LogP contribution in [-0.4, -0.2) is 28.8 Å². The summed E-state index contributed by atoms with van der Waals surface area (Å²) >= 11 is 0. The average Bonchev–Trinajstić information content (AvgIpc) is 2.89. The average molecular weight is 246 g/mol. The largest absolute Gasteiger partial charge is 0.394 e. The maximum atomic E-state index is 11.7. The van der Waals surface area contributed by atoms with E-state index in [9.17, 15) is 4.79 Å². The monoisotopic (exact) mass is 246 g/mol. The topological polar surface area (TPSA) is 75.4 Å². The number of rotatable bonds is 4. The molecule has 1 aromatic carbocycles. The van der Waals surface area contributed by atoms with Crippen molar-refractivity contribution in [3.63, 3.8) is 0 Å². The highest BCUT2D eigenvalue weighted by Crippen LogP contribution is 2.18. The third-order valence-electron chi connectivity index (χ3n) is 2.45. The Morgan fingerprint density at radius 3 is 2.83 bits per heavy atom. The minimum atomic E-state index is -0.383. The number of aliphatic hydroxyl groups excluding tert-OH is 1. The number of aliphatic hydroxyl groups is 1. The third-order valence-corrected chi connectivity index (χ3v) is 2.45. The maximum absolute atomic E-state index is 11.7. The summed E-state index contributed by atoms with van der Waals surface area (Å²) in [4.78, 5) is 11.7. The van der Waals surface area contributed by atoms with Gasteiger partial charge in [-0.2, -0.15) is 0 Å². The SMILES string of the molecule is CC(CO)NC(=O)c1cc(-c2ccccc2)no1. The number of benzene rings is 1. The van der Waals surface area contributed by atoms with Gasteiger partial charge in [-0.1, -0.05) is 35.5 Å². The van der Waals surface area contributed by atoms with Crippen LogP contribution in [0, 0.1) is 0 Å². The molecule has 1 aromatic heterocycles. The van der Waals surface area contributed by atoms with E-state index in [1.54, 1.807) is 13.0 Å². The Morgan fingerprint density at radius 1 is 1.44 bits per heavy atom. The number of hydrogen-bond acceptors (Lipinski definition) is 4. The van der Waals surface area contributed by atoms with Crippen molar-refractivity contribution in [3.05, 3.63) is 42.2 Å². The summed E-state index contributed by atoms with van der Waals surface area (Å²) in [5, 5.41) is 15.3. The van der Waals surface area contributed by atoms with E-state index < -0.39 is 0 Å². The molecule has 1 unspecified atom stereocenters. The van der Waals surface area contributed by atoms with Crippen LogP contribution in [0.1, 0.15) is 17.5 Å². The highest BCUT2D eigenvalue weighted by atomic mass is 16.5. The molecule has 0 aliphatic carbocycles. The molecular formula is C13H14N2O3. The van der Waals surface area contributed by atoms with E-state index in [0.717, 1.165) is 5.56 Å². The lowest BCUT2D eigenvalue weighted by Crippen LogP contribution is -2.34. The van der Waals surface area contributed by atoms with Crippen LogP contribution < -0.4 is 5.32 Å². The minimum Gasteiger partial charge on any atom is -0.394 e. The quantitative estimate of drug-likeness (QED) is 0.856. The number of hydrogen-bond donors (Lipinski definition) is 2. The van der Waals surface area contributed by atoms with Gasteiger partial charge in [0.2, 0.25) is 5.76 Å². The summed E-state index contributed by atoms with van der Waals surface area (Å²) in [6.07, 6.45) is 0. The molecule has 2 N–H and O–H groups in total. The molecule has 0 bridgehead atoms. The van der Waals surface area contributed by atoms with Crippen LogP contribution in [0.25, 0.3) is 11.3 Å². The number of amides is 1. The second-order valence-electron chi connectivity index (χ2n) is 4.00. The van der Waals surface area contributed by atoms with Crippen LogP contribution in [0.4, 0.5) is 0 Å². The van der Waals surface area contributed by atoms with Crippen molar-refractivity contribution in [1.29, 1.82) is 0 Å². The summed E-state index contributed by atoms with van der Waals surface area (Å²) in [7, 11) is 0. The molecule has 5 heteroatoms. The fourth-order valence-electron chi connectivity index (χ4n) is 1.47. The van der Waals surface area contributed by atoms with Gasteiger partial charge in [0.1, 0.15) is 5.69 Å². The first kappa shape index (κ1) is 12.3. The highest BCUT2D eigenvalue weighted by molar-refractivity contribution is 5.92. The van der Waals surface area contributed by atoms with Gasteiger partial charge in [0.05, 0.1) is 6.61 Å². The molecule has 2 rings (SSSR count). The number of nitrogens with zero attached hydrogens (tertiary/aromatic N) is 1. The van der Waals surface area contributed by atoms with Gasteiger partial charge in [-0.3, -0.25) is 4.79 Å². The van der Waals surface area contributed by atoms with E-state index in [-0.39, 0.29) is 24.3 Å².